The van der Waals surface area contributed by atoms with E-state index in [1.54, 1.807) is 7.11 Å². The number of carbonyl (C=O) groups is 2. The predicted octanol–water partition coefficient (Wildman–Crippen LogP) is 3.33. The minimum atomic E-state index is -0.0826. The molecule has 1 heterocycles. The number of anilines is 2. The number of benzene rings is 2. The van der Waals surface area contributed by atoms with Crippen LogP contribution in [0.3, 0.4) is 0 Å². The van der Waals surface area contributed by atoms with Crippen molar-refractivity contribution in [2.75, 3.05) is 55.0 Å². The number of hydrogen-bond acceptors (Lipinski definition) is 5. The Labute approximate surface area is 182 Å². The van der Waals surface area contributed by atoms with E-state index in [4.69, 9.17) is 4.74 Å². The third-order valence-corrected chi connectivity index (χ3v) is 6.09. The Morgan fingerprint density at radius 1 is 1.03 bits per heavy atom. The van der Waals surface area contributed by atoms with E-state index in [1.165, 1.54) is 11.8 Å². The van der Waals surface area contributed by atoms with Crippen LogP contribution in [0.1, 0.15) is 11.1 Å². The number of amides is 2. The number of nitrogens with one attached hydrogen (secondary N) is 1. The second-order valence-corrected chi connectivity index (χ2v) is 8.38. The molecule has 2 aromatic rings. The maximum Gasteiger partial charge on any atom is 0.234 e. The van der Waals surface area contributed by atoms with Gasteiger partial charge in [-0.05, 0) is 37.6 Å². The third kappa shape index (κ3) is 5.69. The Hall–Kier alpha value is -2.67. The summed E-state index contributed by atoms with van der Waals surface area (Å²) in [7, 11) is 1.67. The SMILES string of the molecule is COc1ccccc1N1CCN(C(=O)CSCC(=O)Nc2ccc(C)cc2C)CC1. The van der Waals surface area contributed by atoms with Crippen molar-refractivity contribution in [1.82, 2.24) is 4.90 Å². The molecule has 1 aliphatic rings. The molecule has 1 saturated heterocycles. The maximum absolute atomic E-state index is 12.5. The van der Waals surface area contributed by atoms with Crippen LogP contribution in [0.15, 0.2) is 42.5 Å². The van der Waals surface area contributed by atoms with Gasteiger partial charge in [0.25, 0.3) is 0 Å². The van der Waals surface area contributed by atoms with Gasteiger partial charge >= 0.3 is 0 Å². The number of para-hydroxylation sites is 2. The van der Waals surface area contributed by atoms with Crippen LogP contribution in [0, 0.1) is 13.8 Å². The molecular formula is C23H29N3O3S. The van der Waals surface area contributed by atoms with Crippen molar-refractivity contribution in [2.45, 2.75) is 13.8 Å². The van der Waals surface area contributed by atoms with Crippen LogP contribution in [-0.2, 0) is 9.59 Å². The Kier molecular flexibility index (Phi) is 7.63. The van der Waals surface area contributed by atoms with Gasteiger partial charge in [-0.3, -0.25) is 9.59 Å². The number of thioether (sulfide) groups is 1. The van der Waals surface area contributed by atoms with Crippen LogP contribution >= 0.6 is 11.8 Å². The molecule has 1 N–H and O–H groups in total. The van der Waals surface area contributed by atoms with E-state index in [-0.39, 0.29) is 17.6 Å². The largest absolute Gasteiger partial charge is 0.495 e. The van der Waals surface area contributed by atoms with Crippen LogP contribution < -0.4 is 15.0 Å². The molecular weight excluding hydrogens is 398 g/mol. The summed E-state index contributed by atoms with van der Waals surface area (Å²) < 4.78 is 5.44. The zero-order chi connectivity index (χ0) is 21.5. The molecule has 2 aromatic carbocycles. The van der Waals surface area contributed by atoms with E-state index in [0.717, 1.165) is 41.3 Å². The summed E-state index contributed by atoms with van der Waals surface area (Å²) in [5, 5.41) is 2.92. The number of ether oxygens (including phenoxy) is 1. The van der Waals surface area contributed by atoms with Gasteiger partial charge in [-0.15, -0.1) is 11.8 Å². The number of hydrogen-bond donors (Lipinski definition) is 1. The third-order valence-electron chi connectivity index (χ3n) is 5.17. The van der Waals surface area contributed by atoms with Crippen molar-refractivity contribution in [3.63, 3.8) is 0 Å². The Bertz CT molecular complexity index is 895. The summed E-state index contributed by atoms with van der Waals surface area (Å²) in [6, 6.07) is 13.9. The quantitative estimate of drug-likeness (QED) is 0.734. The molecule has 0 atom stereocenters. The Balaban J connectivity index is 1.41. The van der Waals surface area contributed by atoms with Gasteiger partial charge in [0.05, 0.1) is 24.3 Å². The highest BCUT2D eigenvalue weighted by atomic mass is 32.2. The number of methoxy groups -OCH3 is 1. The molecule has 30 heavy (non-hydrogen) atoms. The number of piperazine rings is 1. The number of aryl methyl sites for hydroxylation is 2. The Morgan fingerprint density at radius 2 is 1.77 bits per heavy atom. The molecule has 0 bridgehead atoms. The number of rotatable bonds is 7. The highest BCUT2D eigenvalue weighted by Gasteiger charge is 2.22. The molecule has 1 aliphatic heterocycles. The van der Waals surface area contributed by atoms with Gasteiger partial charge < -0.3 is 19.9 Å². The van der Waals surface area contributed by atoms with E-state index in [9.17, 15) is 9.59 Å². The first-order valence-corrected chi connectivity index (χ1v) is 11.2. The lowest BCUT2D eigenvalue weighted by atomic mass is 10.1. The first-order chi connectivity index (χ1) is 14.5. The fourth-order valence-corrected chi connectivity index (χ4v) is 4.27. The predicted molar refractivity (Wildman–Crippen MR) is 124 cm³/mol. The zero-order valence-corrected chi connectivity index (χ0v) is 18.6. The summed E-state index contributed by atoms with van der Waals surface area (Å²) in [6.45, 7) is 6.88. The van der Waals surface area contributed by atoms with Gasteiger partial charge in [0.1, 0.15) is 5.75 Å². The standard InChI is InChI=1S/C23H29N3O3S/c1-17-8-9-19(18(2)14-17)24-22(27)15-30-16-23(28)26-12-10-25(11-13-26)20-6-4-5-7-21(20)29-3/h4-9,14H,10-13,15-16H2,1-3H3,(H,24,27). The molecule has 160 valence electrons. The van der Waals surface area contributed by atoms with Crippen LogP contribution in [0.25, 0.3) is 0 Å². The first kappa shape index (κ1) is 22.0. The lowest BCUT2D eigenvalue weighted by molar-refractivity contribution is -0.128. The smallest absolute Gasteiger partial charge is 0.234 e. The molecule has 0 aliphatic carbocycles. The van der Waals surface area contributed by atoms with Gasteiger partial charge in [0, 0.05) is 31.9 Å². The van der Waals surface area contributed by atoms with E-state index in [0.29, 0.717) is 18.8 Å². The molecule has 3 rings (SSSR count). The van der Waals surface area contributed by atoms with E-state index >= 15 is 0 Å². The summed E-state index contributed by atoms with van der Waals surface area (Å²) in [4.78, 5) is 28.8. The molecule has 1 fully saturated rings. The van der Waals surface area contributed by atoms with E-state index in [1.807, 2.05) is 61.2 Å². The fourth-order valence-electron chi connectivity index (χ4n) is 3.55. The van der Waals surface area contributed by atoms with Crippen LogP contribution in [0.4, 0.5) is 11.4 Å². The van der Waals surface area contributed by atoms with Crippen LogP contribution in [-0.4, -0.2) is 61.5 Å². The highest BCUT2D eigenvalue weighted by molar-refractivity contribution is 8.00. The highest BCUT2D eigenvalue weighted by Crippen LogP contribution is 2.28. The Morgan fingerprint density at radius 3 is 2.47 bits per heavy atom. The topological polar surface area (TPSA) is 61.9 Å². The average Bonchev–Trinajstić information content (AvgIpc) is 2.75. The average molecular weight is 428 g/mol. The van der Waals surface area contributed by atoms with Crippen molar-refractivity contribution >= 4 is 35.0 Å². The van der Waals surface area contributed by atoms with Gasteiger partial charge in [-0.1, -0.05) is 29.8 Å². The molecule has 7 heteroatoms. The van der Waals surface area contributed by atoms with Crippen molar-refractivity contribution in [2.24, 2.45) is 0 Å². The molecule has 0 saturated carbocycles. The summed E-state index contributed by atoms with van der Waals surface area (Å²) in [6.07, 6.45) is 0. The molecule has 0 aromatic heterocycles. The van der Waals surface area contributed by atoms with E-state index in [2.05, 4.69) is 10.2 Å². The molecule has 6 nitrogen and oxygen atoms in total. The summed E-state index contributed by atoms with van der Waals surface area (Å²) >= 11 is 1.36. The second kappa shape index (κ2) is 10.4. The monoisotopic (exact) mass is 427 g/mol. The number of carbonyl (C=O) groups excluding carboxylic acids is 2. The van der Waals surface area contributed by atoms with Gasteiger partial charge in [-0.2, -0.15) is 0 Å². The number of nitrogens with zero attached hydrogens (tertiary/aromatic N) is 2. The minimum Gasteiger partial charge on any atom is -0.495 e. The molecule has 0 spiro atoms. The molecule has 0 unspecified atom stereocenters. The first-order valence-electron chi connectivity index (χ1n) is 10.1. The molecule has 2 amide bonds. The van der Waals surface area contributed by atoms with Crippen molar-refractivity contribution < 1.29 is 14.3 Å². The molecule has 0 radical (unpaired) electrons. The lowest BCUT2D eigenvalue weighted by Crippen LogP contribution is -2.49. The summed E-state index contributed by atoms with van der Waals surface area (Å²) in [5.74, 6) is 1.43. The fraction of sp³-hybridized carbons (Fsp3) is 0.391. The normalized spacial score (nSPS) is 13.8. The zero-order valence-electron chi connectivity index (χ0n) is 17.8. The minimum absolute atomic E-state index is 0.0824. The van der Waals surface area contributed by atoms with Gasteiger partial charge in [0.15, 0.2) is 0 Å². The van der Waals surface area contributed by atoms with Crippen LogP contribution in [0.5, 0.6) is 5.75 Å². The van der Waals surface area contributed by atoms with E-state index < -0.39 is 0 Å². The second-order valence-electron chi connectivity index (χ2n) is 7.40. The lowest BCUT2D eigenvalue weighted by Gasteiger charge is -2.36. The maximum atomic E-state index is 12.5. The van der Waals surface area contributed by atoms with Crippen molar-refractivity contribution in [1.29, 1.82) is 0 Å². The van der Waals surface area contributed by atoms with Crippen molar-refractivity contribution in [3.05, 3.63) is 53.6 Å². The van der Waals surface area contributed by atoms with Gasteiger partial charge in [-0.25, -0.2) is 0 Å². The summed E-state index contributed by atoms with van der Waals surface area (Å²) in [5.41, 5.74) is 4.09. The van der Waals surface area contributed by atoms with Crippen molar-refractivity contribution in [3.8, 4) is 5.75 Å². The van der Waals surface area contributed by atoms with Gasteiger partial charge in [0.2, 0.25) is 11.8 Å². The van der Waals surface area contributed by atoms with Crippen LogP contribution in [0.2, 0.25) is 0 Å².